The van der Waals surface area contributed by atoms with Gasteiger partial charge in [-0.3, -0.25) is 0 Å². The molecule has 0 amide bonds. The molecular weight excluding hydrogens is 546 g/mol. The predicted molar refractivity (Wildman–Crippen MR) is 151 cm³/mol. The minimum atomic E-state index is -1.50. The van der Waals surface area contributed by atoms with Crippen molar-refractivity contribution in [2.45, 2.75) is 139 Å². The van der Waals surface area contributed by atoms with Crippen molar-refractivity contribution in [2.75, 3.05) is 13.1 Å². The minimum absolute atomic E-state index is 0. The Morgan fingerprint density at radius 1 is 0.615 bits per heavy atom. The van der Waals surface area contributed by atoms with Gasteiger partial charge in [0.05, 0.1) is 0 Å². The smallest absolute Gasteiger partial charge is 0.661 e. The average molecular weight is 597 g/mol. The van der Waals surface area contributed by atoms with E-state index in [1.54, 1.807) is 0 Å². The van der Waals surface area contributed by atoms with E-state index < -0.39 is 5.09 Å². The zero-order valence-corrected chi connectivity index (χ0v) is 24.4. The first-order chi connectivity index (χ1) is 18.4. The Bertz CT molecular complexity index is 655. The van der Waals surface area contributed by atoms with Crippen LogP contribution in [-0.4, -0.2) is 59.9 Å². The summed E-state index contributed by atoms with van der Waals surface area (Å²) >= 11 is 0. The van der Waals surface area contributed by atoms with Crippen LogP contribution in [0.4, 0.5) is 0 Å². The molecule has 1 radical (unpaired) electrons. The normalized spacial score (nSPS) is 42.0. The zero-order chi connectivity index (χ0) is 26.9. The van der Waals surface area contributed by atoms with Crippen LogP contribution in [0.5, 0.6) is 0 Å². The maximum atomic E-state index is 8.36. The van der Waals surface area contributed by atoms with E-state index in [1.807, 2.05) is 0 Å². The fraction of sp³-hybridized carbons (Fsp3) is 1.00. The molecule has 0 aromatic rings. The number of nitrogens with zero attached hydrogens (tertiary/aromatic N) is 5. The molecule has 6 fully saturated rings. The summed E-state index contributed by atoms with van der Waals surface area (Å²) in [6.07, 6.45) is 21.4. The molecule has 11 heteroatoms. The number of rotatable bonds is 2. The van der Waals surface area contributed by atoms with Crippen molar-refractivity contribution >= 4 is 0 Å². The van der Waals surface area contributed by atoms with Gasteiger partial charge < -0.3 is 37.9 Å². The molecule has 2 saturated carbocycles. The van der Waals surface area contributed by atoms with Gasteiger partial charge in [-0.05, 0) is 23.7 Å². The fourth-order valence-electron chi connectivity index (χ4n) is 8.13. The summed E-state index contributed by atoms with van der Waals surface area (Å²) in [5.74, 6) is 3.06. The summed E-state index contributed by atoms with van der Waals surface area (Å²) in [6, 6.07) is 1.89. The first-order valence-corrected chi connectivity index (χ1v) is 15.5. The van der Waals surface area contributed by atoms with Crippen molar-refractivity contribution < 1.29 is 27.4 Å². The fourth-order valence-corrected chi connectivity index (χ4v) is 8.13. The summed E-state index contributed by atoms with van der Waals surface area (Å²) in [5, 5.41) is 32.9. The molecule has 10 nitrogen and oxygen atoms in total. The Labute approximate surface area is 245 Å². The van der Waals surface area contributed by atoms with Crippen molar-refractivity contribution in [2.24, 2.45) is 35.1 Å². The standard InChI is InChI=1S/2C14H25N3.Cu.HNO3/c2*15-14-11-6-2-1-5-10(11)9-13(17-14)12-7-3-4-8-16-12;;2-1(3)4/h2*10-14H,1-9,15H2;;(H,2,3,4)/q2*-2;+2;. The van der Waals surface area contributed by atoms with E-state index in [1.165, 1.54) is 103 Å². The molecule has 0 aromatic carbocycles. The van der Waals surface area contributed by atoms with Crippen molar-refractivity contribution in [1.82, 2.24) is 0 Å². The summed E-state index contributed by atoms with van der Waals surface area (Å²) in [5.41, 5.74) is 12.6. The Kier molecular flexibility index (Phi) is 14.2. The predicted octanol–water partition coefficient (Wildman–Crippen LogP) is 5.95. The van der Waals surface area contributed by atoms with Crippen molar-refractivity contribution in [1.29, 1.82) is 0 Å². The van der Waals surface area contributed by atoms with Crippen LogP contribution in [0.25, 0.3) is 21.3 Å². The van der Waals surface area contributed by atoms with Crippen molar-refractivity contribution in [3.8, 4) is 0 Å². The maximum Gasteiger partial charge on any atom is 2.00 e. The zero-order valence-electron chi connectivity index (χ0n) is 23.5. The molecule has 6 aliphatic rings. The molecule has 4 aliphatic heterocycles. The molecule has 10 unspecified atom stereocenters. The molecule has 39 heavy (non-hydrogen) atoms. The van der Waals surface area contributed by atoms with Gasteiger partial charge >= 0.3 is 17.1 Å². The van der Waals surface area contributed by atoms with Crippen molar-refractivity contribution in [3.05, 3.63) is 31.4 Å². The molecule has 10 atom stereocenters. The van der Waals surface area contributed by atoms with E-state index in [4.69, 9.17) is 48.1 Å². The largest absolute Gasteiger partial charge is 2.00 e. The number of hydrogen-bond donors (Lipinski definition) is 3. The van der Waals surface area contributed by atoms with Crippen LogP contribution >= 0.6 is 0 Å². The van der Waals surface area contributed by atoms with Gasteiger partial charge in [-0.2, -0.15) is 24.2 Å². The third kappa shape index (κ3) is 9.77. The Balaban J connectivity index is 0.000000186. The third-order valence-electron chi connectivity index (χ3n) is 10.1. The summed E-state index contributed by atoms with van der Waals surface area (Å²) < 4.78 is 0. The quantitative estimate of drug-likeness (QED) is 0.203. The topological polar surface area (TPSA) is 172 Å². The molecule has 6 rings (SSSR count). The molecule has 4 heterocycles. The number of nitrogens with two attached hydrogens (primary N) is 2. The number of piperidine rings is 4. The maximum absolute atomic E-state index is 8.36. The molecule has 5 N–H and O–H groups in total. The number of hydrogen-bond acceptors (Lipinski definition) is 4. The minimum Gasteiger partial charge on any atom is -0.661 e. The van der Waals surface area contributed by atoms with Crippen LogP contribution in [0, 0.1) is 33.8 Å². The molecule has 0 aromatic heterocycles. The van der Waals surface area contributed by atoms with Gasteiger partial charge in [-0.25, -0.2) is 0 Å². The molecular formula is C28H51CuN7O3-2. The van der Waals surface area contributed by atoms with Gasteiger partial charge in [0, 0.05) is 0 Å². The second-order valence-corrected chi connectivity index (χ2v) is 12.5. The summed E-state index contributed by atoms with van der Waals surface area (Å²) in [6.45, 7) is 2.11. The van der Waals surface area contributed by atoms with Crippen LogP contribution in [0.2, 0.25) is 0 Å². The van der Waals surface area contributed by atoms with E-state index in [-0.39, 0.29) is 29.4 Å². The van der Waals surface area contributed by atoms with E-state index >= 15 is 0 Å². The van der Waals surface area contributed by atoms with Crippen LogP contribution in [0.15, 0.2) is 0 Å². The van der Waals surface area contributed by atoms with Gasteiger partial charge in [0.15, 0.2) is 0 Å². The van der Waals surface area contributed by atoms with Gasteiger partial charge in [0.2, 0.25) is 0 Å². The second-order valence-electron chi connectivity index (χ2n) is 12.5. The molecule has 4 saturated heterocycles. The monoisotopic (exact) mass is 596 g/mol. The van der Waals surface area contributed by atoms with E-state index in [0.29, 0.717) is 36.0 Å². The van der Waals surface area contributed by atoms with Crippen LogP contribution < -0.4 is 11.5 Å². The van der Waals surface area contributed by atoms with Gasteiger partial charge in [0.1, 0.15) is 0 Å². The molecule has 0 spiro atoms. The molecule has 229 valence electrons. The first kappa shape index (κ1) is 33.0. The first-order valence-electron chi connectivity index (χ1n) is 15.5. The second kappa shape index (κ2) is 16.8. The van der Waals surface area contributed by atoms with Crippen molar-refractivity contribution in [3.63, 3.8) is 0 Å². The molecule has 0 bridgehead atoms. The van der Waals surface area contributed by atoms with Crippen LogP contribution in [0.1, 0.15) is 103 Å². The van der Waals surface area contributed by atoms with Crippen LogP contribution in [-0.2, 0) is 17.1 Å². The Morgan fingerprint density at radius 2 is 0.974 bits per heavy atom. The van der Waals surface area contributed by atoms with Gasteiger partial charge in [-0.1, -0.05) is 115 Å². The third-order valence-corrected chi connectivity index (χ3v) is 10.1. The average Bonchev–Trinajstić information content (AvgIpc) is 2.94. The SMILES string of the molecule is NC1[N-]C(C2CCCC[N-]2)CC2CCCCC21.NC1[N-]C(C2CCCC[N-]2)CC2CCCCC21.O=[N+]([O-])O.[Cu+2]. The van der Waals surface area contributed by atoms with Gasteiger partial charge in [0.25, 0.3) is 5.09 Å². The van der Waals surface area contributed by atoms with E-state index in [0.717, 1.165) is 24.9 Å². The Morgan fingerprint density at radius 3 is 1.33 bits per heavy atom. The summed E-state index contributed by atoms with van der Waals surface area (Å²) in [4.78, 5) is 8.36. The van der Waals surface area contributed by atoms with Gasteiger partial charge in [-0.15, -0.1) is 23.2 Å². The van der Waals surface area contributed by atoms with E-state index in [2.05, 4.69) is 0 Å². The number of fused-ring (bicyclic) bond motifs is 2. The van der Waals surface area contributed by atoms with E-state index in [9.17, 15) is 0 Å². The Hall–Kier alpha value is -0.521. The molecule has 2 aliphatic carbocycles. The summed E-state index contributed by atoms with van der Waals surface area (Å²) in [7, 11) is 0. The van der Waals surface area contributed by atoms with Crippen LogP contribution in [0.3, 0.4) is 0 Å².